The number of hydrogen-bond donors (Lipinski definition) is 0. The minimum Gasteiger partial charge on any atom is -0.491 e. The van der Waals surface area contributed by atoms with Gasteiger partial charge in [0.25, 0.3) is 0 Å². The predicted molar refractivity (Wildman–Crippen MR) is 128 cm³/mol. The number of rotatable bonds is 9. The van der Waals surface area contributed by atoms with Gasteiger partial charge in [-0.25, -0.2) is 4.39 Å². The summed E-state index contributed by atoms with van der Waals surface area (Å²) in [6.45, 7) is 1.87. The van der Waals surface area contributed by atoms with Crippen LogP contribution in [0.5, 0.6) is 5.75 Å². The Morgan fingerprint density at radius 1 is 0.939 bits per heavy atom. The molecule has 2 aliphatic rings. The highest BCUT2D eigenvalue weighted by atomic mass is 35.5. The van der Waals surface area contributed by atoms with Crippen LogP contribution < -0.4 is 4.74 Å². The molecule has 33 heavy (non-hydrogen) atoms. The predicted octanol–water partition coefficient (Wildman–Crippen LogP) is 6.45. The highest BCUT2D eigenvalue weighted by molar-refractivity contribution is 6.31. The SMILES string of the molecule is O=C1C(Cc2ccc(OCCOCc3ccc(F)cc3Cl)cc2Cl)CCN1C1CCCCC1. The van der Waals surface area contributed by atoms with E-state index in [1.165, 1.54) is 31.4 Å². The number of benzene rings is 2. The van der Waals surface area contributed by atoms with E-state index in [0.717, 1.165) is 36.9 Å². The molecule has 7 heteroatoms. The monoisotopic (exact) mass is 493 g/mol. The summed E-state index contributed by atoms with van der Waals surface area (Å²) in [6, 6.07) is 10.3. The van der Waals surface area contributed by atoms with Crippen molar-refractivity contribution < 1.29 is 18.7 Å². The Hall–Kier alpha value is -1.82. The molecule has 1 heterocycles. The van der Waals surface area contributed by atoms with Gasteiger partial charge in [0.1, 0.15) is 18.2 Å². The molecule has 1 aliphatic heterocycles. The fourth-order valence-electron chi connectivity index (χ4n) is 4.80. The molecule has 1 unspecified atom stereocenters. The second kappa shape index (κ2) is 11.5. The van der Waals surface area contributed by atoms with Crippen LogP contribution in [0, 0.1) is 11.7 Å². The quantitative estimate of drug-likeness (QED) is 0.376. The Kier molecular flexibility index (Phi) is 8.50. The molecule has 2 fully saturated rings. The largest absolute Gasteiger partial charge is 0.491 e. The van der Waals surface area contributed by atoms with Gasteiger partial charge in [-0.1, -0.05) is 54.6 Å². The summed E-state index contributed by atoms with van der Waals surface area (Å²) < 4.78 is 24.4. The highest BCUT2D eigenvalue weighted by Crippen LogP contribution is 2.32. The molecule has 2 aromatic rings. The minimum atomic E-state index is -0.369. The third-order valence-electron chi connectivity index (χ3n) is 6.63. The van der Waals surface area contributed by atoms with Crippen LogP contribution in [0.1, 0.15) is 49.7 Å². The average Bonchev–Trinajstić information content (AvgIpc) is 3.17. The van der Waals surface area contributed by atoms with E-state index in [1.54, 1.807) is 12.1 Å². The normalized spacial score (nSPS) is 19.3. The summed E-state index contributed by atoms with van der Waals surface area (Å²) in [5, 5.41) is 0.969. The molecule has 1 atom stereocenters. The molecular formula is C26H30Cl2FNO3. The Bertz CT molecular complexity index is 965. The van der Waals surface area contributed by atoms with Gasteiger partial charge in [-0.15, -0.1) is 0 Å². The van der Waals surface area contributed by atoms with Crippen molar-refractivity contribution in [2.45, 2.75) is 57.6 Å². The Morgan fingerprint density at radius 3 is 2.45 bits per heavy atom. The lowest BCUT2D eigenvalue weighted by atomic mass is 9.94. The van der Waals surface area contributed by atoms with Crippen molar-refractivity contribution in [1.82, 2.24) is 4.90 Å². The lowest BCUT2D eigenvalue weighted by Crippen LogP contribution is -2.39. The zero-order valence-corrected chi connectivity index (χ0v) is 20.2. The maximum absolute atomic E-state index is 13.1. The van der Waals surface area contributed by atoms with E-state index in [-0.39, 0.29) is 24.2 Å². The first kappa shape index (κ1) is 24.3. The standard InChI is InChI=1S/C26H30Cl2FNO3/c27-24-15-21(29)8-6-20(24)17-32-12-13-33-23-9-7-18(25(28)16-23)14-19-10-11-30(26(19)31)22-4-2-1-3-5-22/h6-9,15-16,19,22H,1-5,10-14,17H2. The van der Waals surface area contributed by atoms with Crippen LogP contribution in [-0.2, 0) is 22.6 Å². The van der Waals surface area contributed by atoms with Crippen molar-refractivity contribution in [2.24, 2.45) is 5.92 Å². The van der Waals surface area contributed by atoms with Crippen molar-refractivity contribution in [2.75, 3.05) is 19.8 Å². The van der Waals surface area contributed by atoms with Crippen molar-refractivity contribution in [1.29, 1.82) is 0 Å². The lowest BCUT2D eigenvalue weighted by Gasteiger charge is -2.31. The lowest BCUT2D eigenvalue weighted by molar-refractivity contribution is -0.133. The average molecular weight is 494 g/mol. The van der Waals surface area contributed by atoms with E-state index in [0.29, 0.717) is 41.5 Å². The van der Waals surface area contributed by atoms with Crippen LogP contribution in [0.4, 0.5) is 4.39 Å². The van der Waals surface area contributed by atoms with Gasteiger partial charge in [0.2, 0.25) is 5.91 Å². The van der Waals surface area contributed by atoms with E-state index in [2.05, 4.69) is 4.90 Å². The maximum atomic E-state index is 13.1. The third kappa shape index (κ3) is 6.40. The summed E-state index contributed by atoms with van der Waals surface area (Å²) in [4.78, 5) is 15.1. The Morgan fingerprint density at radius 2 is 1.70 bits per heavy atom. The second-order valence-electron chi connectivity index (χ2n) is 8.90. The number of amides is 1. The summed E-state index contributed by atoms with van der Waals surface area (Å²) in [5.41, 5.74) is 1.71. The molecule has 4 rings (SSSR count). The molecular weight excluding hydrogens is 464 g/mol. The number of carbonyl (C=O) groups is 1. The van der Waals surface area contributed by atoms with Crippen molar-refractivity contribution in [3.63, 3.8) is 0 Å². The zero-order chi connectivity index (χ0) is 23.2. The molecule has 1 amide bonds. The molecule has 0 aromatic heterocycles. The number of likely N-dealkylation sites (tertiary alicyclic amines) is 1. The van der Waals surface area contributed by atoms with Crippen molar-refractivity contribution >= 4 is 29.1 Å². The number of nitrogens with zero attached hydrogens (tertiary/aromatic N) is 1. The summed E-state index contributed by atoms with van der Waals surface area (Å²) in [5.74, 6) is 0.597. The maximum Gasteiger partial charge on any atom is 0.226 e. The van der Waals surface area contributed by atoms with Gasteiger partial charge < -0.3 is 14.4 Å². The van der Waals surface area contributed by atoms with E-state index in [1.807, 2.05) is 12.1 Å². The number of halogens is 3. The molecule has 1 saturated carbocycles. The summed E-state index contributed by atoms with van der Waals surface area (Å²) >= 11 is 12.5. The van der Waals surface area contributed by atoms with Crippen LogP contribution >= 0.6 is 23.2 Å². The van der Waals surface area contributed by atoms with Crippen molar-refractivity contribution in [3.05, 3.63) is 63.4 Å². The van der Waals surface area contributed by atoms with Crippen LogP contribution in [0.15, 0.2) is 36.4 Å². The molecule has 0 radical (unpaired) electrons. The van der Waals surface area contributed by atoms with Crippen LogP contribution in [-0.4, -0.2) is 36.6 Å². The van der Waals surface area contributed by atoms with Crippen LogP contribution in [0.25, 0.3) is 0 Å². The highest BCUT2D eigenvalue weighted by Gasteiger charge is 2.36. The Labute approximate surface area is 205 Å². The van der Waals surface area contributed by atoms with E-state index in [4.69, 9.17) is 32.7 Å². The molecule has 1 saturated heterocycles. The fraction of sp³-hybridized carbons (Fsp3) is 0.500. The van der Waals surface area contributed by atoms with Crippen molar-refractivity contribution in [3.8, 4) is 5.75 Å². The van der Waals surface area contributed by atoms with E-state index >= 15 is 0 Å². The van der Waals surface area contributed by atoms with Gasteiger partial charge in [-0.05, 0) is 61.1 Å². The molecule has 178 valence electrons. The van der Waals surface area contributed by atoms with E-state index < -0.39 is 0 Å². The fourth-order valence-corrected chi connectivity index (χ4v) is 5.27. The zero-order valence-electron chi connectivity index (χ0n) is 18.7. The number of hydrogen-bond acceptors (Lipinski definition) is 3. The topological polar surface area (TPSA) is 38.8 Å². The third-order valence-corrected chi connectivity index (χ3v) is 7.33. The first-order valence-electron chi connectivity index (χ1n) is 11.7. The van der Waals surface area contributed by atoms with Gasteiger partial charge in [-0.3, -0.25) is 4.79 Å². The van der Waals surface area contributed by atoms with Gasteiger partial charge in [-0.2, -0.15) is 0 Å². The Balaban J connectivity index is 1.22. The van der Waals surface area contributed by atoms with Gasteiger partial charge >= 0.3 is 0 Å². The molecule has 0 bridgehead atoms. The molecule has 0 N–H and O–H groups in total. The minimum absolute atomic E-state index is 0.0166. The second-order valence-corrected chi connectivity index (χ2v) is 9.72. The van der Waals surface area contributed by atoms with Crippen LogP contribution in [0.3, 0.4) is 0 Å². The van der Waals surface area contributed by atoms with Gasteiger partial charge in [0, 0.05) is 28.5 Å². The molecule has 1 aliphatic carbocycles. The molecule has 0 spiro atoms. The number of carbonyl (C=O) groups excluding carboxylic acids is 1. The summed E-state index contributed by atoms with van der Waals surface area (Å²) in [6.07, 6.45) is 7.62. The van der Waals surface area contributed by atoms with Gasteiger partial charge in [0.05, 0.1) is 13.2 Å². The molecule has 4 nitrogen and oxygen atoms in total. The van der Waals surface area contributed by atoms with Crippen LogP contribution in [0.2, 0.25) is 10.0 Å². The van der Waals surface area contributed by atoms with E-state index in [9.17, 15) is 9.18 Å². The summed E-state index contributed by atoms with van der Waals surface area (Å²) in [7, 11) is 0. The smallest absolute Gasteiger partial charge is 0.226 e. The van der Waals surface area contributed by atoms with Gasteiger partial charge in [0.15, 0.2) is 0 Å². The first-order valence-corrected chi connectivity index (χ1v) is 12.5. The molecule has 2 aromatic carbocycles. The number of ether oxygens (including phenoxy) is 2. The first-order chi connectivity index (χ1) is 16.0.